The summed E-state index contributed by atoms with van der Waals surface area (Å²) in [6.45, 7) is 9.03. The lowest BCUT2D eigenvalue weighted by Crippen LogP contribution is -2.56. The Morgan fingerprint density at radius 1 is 1.09 bits per heavy atom. The molecule has 2 aliphatic heterocycles. The van der Waals surface area contributed by atoms with E-state index in [0.29, 0.717) is 50.0 Å². The Hall–Kier alpha value is -5.21. The van der Waals surface area contributed by atoms with Gasteiger partial charge in [0.25, 0.3) is 5.91 Å². The third-order valence-corrected chi connectivity index (χ3v) is 9.15. The fraction of sp³-hybridized carbons (Fsp3) is 0.361. The molecule has 4 aromatic rings. The molecule has 2 N–H and O–H groups in total. The van der Waals surface area contributed by atoms with Gasteiger partial charge in [0.05, 0.1) is 23.5 Å². The van der Waals surface area contributed by atoms with Crippen molar-refractivity contribution < 1.29 is 14.3 Å². The number of nitriles is 1. The number of piperazine rings is 1. The van der Waals surface area contributed by atoms with Crippen LogP contribution in [0.2, 0.25) is 0 Å². The second kappa shape index (κ2) is 13.3. The van der Waals surface area contributed by atoms with Gasteiger partial charge in [-0.15, -0.1) is 0 Å². The number of carbonyl (C=O) groups is 2. The minimum absolute atomic E-state index is 0.0575. The van der Waals surface area contributed by atoms with E-state index in [0.717, 1.165) is 35.1 Å². The molecule has 2 amide bonds. The number of anilines is 1. The number of nitrogens with two attached hydrogens (primary N) is 1. The lowest BCUT2D eigenvalue weighted by atomic mass is 9.96. The molecule has 0 spiro atoms. The first kappa shape index (κ1) is 31.8. The van der Waals surface area contributed by atoms with Gasteiger partial charge in [0.1, 0.15) is 34.7 Å². The van der Waals surface area contributed by atoms with E-state index in [1.54, 1.807) is 17.2 Å². The Morgan fingerprint density at radius 2 is 1.83 bits per heavy atom. The third kappa shape index (κ3) is 6.55. The lowest BCUT2D eigenvalue weighted by molar-refractivity contribution is -0.137. The molecule has 4 heterocycles. The van der Waals surface area contributed by atoms with Crippen molar-refractivity contribution in [3.63, 3.8) is 0 Å². The van der Waals surface area contributed by atoms with E-state index in [-0.39, 0.29) is 30.0 Å². The van der Waals surface area contributed by atoms with Crippen molar-refractivity contribution >= 4 is 28.5 Å². The van der Waals surface area contributed by atoms with Gasteiger partial charge in [-0.25, -0.2) is 4.98 Å². The molecule has 2 aliphatic rings. The highest BCUT2D eigenvalue weighted by Gasteiger charge is 2.35. The number of ether oxygens (including phenoxy) is 1. The van der Waals surface area contributed by atoms with E-state index in [1.807, 2.05) is 95.9 Å². The second-order valence-electron chi connectivity index (χ2n) is 12.6. The van der Waals surface area contributed by atoms with Crippen LogP contribution in [0.1, 0.15) is 39.7 Å². The molecule has 11 heteroatoms. The van der Waals surface area contributed by atoms with E-state index in [9.17, 15) is 14.9 Å². The van der Waals surface area contributed by atoms with Gasteiger partial charge in [-0.2, -0.15) is 10.4 Å². The predicted octanol–water partition coefficient (Wildman–Crippen LogP) is 5.03. The molecule has 2 saturated heterocycles. The highest BCUT2D eigenvalue weighted by Crippen LogP contribution is 2.36. The van der Waals surface area contributed by atoms with Gasteiger partial charge < -0.3 is 20.3 Å². The molecule has 47 heavy (non-hydrogen) atoms. The van der Waals surface area contributed by atoms with Gasteiger partial charge in [-0.1, -0.05) is 18.2 Å². The summed E-state index contributed by atoms with van der Waals surface area (Å²) in [4.78, 5) is 36.3. The number of nitrogen functional groups attached to an aromatic ring is 1. The normalized spacial score (nSPS) is 18.0. The van der Waals surface area contributed by atoms with E-state index >= 15 is 0 Å². The van der Waals surface area contributed by atoms with Crippen LogP contribution < -0.4 is 10.5 Å². The number of hydrogen-bond acceptors (Lipinski definition) is 8. The Bertz CT molecular complexity index is 1840. The molecular weight excluding hydrogens is 592 g/mol. The fourth-order valence-corrected chi connectivity index (χ4v) is 6.53. The van der Waals surface area contributed by atoms with Crippen molar-refractivity contribution in [2.75, 3.05) is 45.0 Å². The topological polar surface area (TPSA) is 134 Å². The first-order valence-corrected chi connectivity index (χ1v) is 16.1. The average molecular weight is 633 g/mol. The molecule has 1 atom stereocenters. The Kier molecular flexibility index (Phi) is 8.96. The summed E-state index contributed by atoms with van der Waals surface area (Å²) in [5.74, 6) is 1.59. The van der Waals surface area contributed by atoms with Crippen molar-refractivity contribution in [3.05, 3.63) is 78.5 Å². The van der Waals surface area contributed by atoms with Gasteiger partial charge >= 0.3 is 0 Å². The first-order chi connectivity index (χ1) is 22.7. The number of para-hydroxylation sites is 1. The maximum absolute atomic E-state index is 13.8. The summed E-state index contributed by atoms with van der Waals surface area (Å²) < 4.78 is 7.93. The van der Waals surface area contributed by atoms with Gasteiger partial charge in [-0.3, -0.25) is 19.2 Å². The molecule has 0 bridgehead atoms. The molecular formula is C36H40N8O3. The van der Waals surface area contributed by atoms with Crippen LogP contribution in [-0.4, -0.2) is 86.1 Å². The maximum atomic E-state index is 13.8. The zero-order valence-electron chi connectivity index (χ0n) is 27.1. The molecule has 2 aromatic carbocycles. The number of piperidine rings is 1. The van der Waals surface area contributed by atoms with Crippen LogP contribution in [-0.2, 0) is 9.59 Å². The Morgan fingerprint density at radius 3 is 2.53 bits per heavy atom. The minimum Gasteiger partial charge on any atom is -0.457 e. The van der Waals surface area contributed by atoms with E-state index in [4.69, 9.17) is 15.6 Å². The van der Waals surface area contributed by atoms with Gasteiger partial charge in [0.2, 0.25) is 5.91 Å². The van der Waals surface area contributed by atoms with Crippen LogP contribution in [0.3, 0.4) is 0 Å². The molecule has 0 radical (unpaired) electrons. The largest absolute Gasteiger partial charge is 0.457 e. The number of likely N-dealkylation sites (tertiary alicyclic amines) is 1. The van der Waals surface area contributed by atoms with Crippen LogP contribution >= 0.6 is 0 Å². The number of pyridine rings is 1. The smallest absolute Gasteiger partial charge is 0.264 e. The highest BCUT2D eigenvalue weighted by atomic mass is 16.5. The number of rotatable bonds is 8. The fourth-order valence-electron chi connectivity index (χ4n) is 6.53. The van der Waals surface area contributed by atoms with Crippen molar-refractivity contribution in [1.82, 2.24) is 29.5 Å². The molecule has 11 nitrogen and oxygen atoms in total. The number of hydrogen-bond donors (Lipinski definition) is 1. The number of benzene rings is 2. The van der Waals surface area contributed by atoms with Crippen LogP contribution in [0, 0.1) is 11.3 Å². The van der Waals surface area contributed by atoms with Crippen LogP contribution in [0.15, 0.2) is 78.5 Å². The summed E-state index contributed by atoms with van der Waals surface area (Å²) in [7, 11) is 0. The quantitative estimate of drug-likeness (QED) is 0.211. The highest BCUT2D eigenvalue weighted by molar-refractivity contribution is 6.00. The predicted molar refractivity (Wildman–Crippen MR) is 180 cm³/mol. The number of likely N-dealkylation sites (N-methyl/N-ethyl adjacent to an activating group) is 1. The molecule has 2 aromatic heterocycles. The molecule has 0 aliphatic carbocycles. The van der Waals surface area contributed by atoms with Crippen LogP contribution in [0.5, 0.6) is 11.5 Å². The number of nitrogens with zero attached hydrogens (tertiary/aromatic N) is 7. The van der Waals surface area contributed by atoms with Gasteiger partial charge in [0, 0.05) is 50.0 Å². The van der Waals surface area contributed by atoms with Gasteiger partial charge in [0.15, 0.2) is 0 Å². The Labute approximate surface area is 274 Å². The van der Waals surface area contributed by atoms with Crippen molar-refractivity contribution in [2.24, 2.45) is 0 Å². The van der Waals surface area contributed by atoms with Gasteiger partial charge in [-0.05, 0) is 82.2 Å². The van der Waals surface area contributed by atoms with Crippen LogP contribution in [0.25, 0.3) is 22.2 Å². The number of carbonyl (C=O) groups excluding carboxylic acids is 2. The number of amides is 2. The summed E-state index contributed by atoms with van der Waals surface area (Å²) >= 11 is 0. The minimum atomic E-state index is -0.648. The SMILES string of the molecule is CCN1CCN(C(C)(C)C=C(C#N)C(=O)N2CCC[C@@H](n3nc(-c4ccc(Oc5ccccc5)cc4)c4c(N)nccc43)C2)CC1=O. The summed E-state index contributed by atoms with van der Waals surface area (Å²) in [5, 5.41) is 15.9. The zero-order chi connectivity index (χ0) is 33.1. The first-order valence-electron chi connectivity index (χ1n) is 16.1. The van der Waals surface area contributed by atoms with E-state index in [1.165, 1.54) is 0 Å². The zero-order valence-corrected chi connectivity index (χ0v) is 27.1. The lowest BCUT2D eigenvalue weighted by Gasteiger charge is -2.42. The van der Waals surface area contributed by atoms with Crippen molar-refractivity contribution in [2.45, 2.75) is 45.2 Å². The van der Waals surface area contributed by atoms with Crippen LogP contribution in [0.4, 0.5) is 5.82 Å². The van der Waals surface area contributed by atoms with Crippen molar-refractivity contribution in [3.8, 4) is 28.8 Å². The molecule has 0 saturated carbocycles. The number of aromatic nitrogens is 3. The third-order valence-electron chi connectivity index (χ3n) is 9.15. The molecule has 0 unspecified atom stereocenters. The summed E-state index contributed by atoms with van der Waals surface area (Å²) in [6.07, 6.45) is 4.96. The molecule has 242 valence electrons. The standard InChI is InChI=1S/C36H40N8O3/c1-4-41-19-20-43(24-31(41)45)36(2,3)21-26(22-37)35(46)42-18-8-9-27(23-42)44-30-16-17-39-34(38)32(30)33(40-44)25-12-14-29(15-13-25)47-28-10-6-5-7-11-28/h5-7,10-17,21,27H,4,8-9,18-20,23-24H2,1-3H3,(H2,38,39)/t27-/m1/s1. The Balaban J connectivity index is 1.24. The second-order valence-corrected chi connectivity index (χ2v) is 12.6. The maximum Gasteiger partial charge on any atom is 0.264 e. The monoisotopic (exact) mass is 632 g/mol. The van der Waals surface area contributed by atoms with E-state index < -0.39 is 5.54 Å². The average Bonchev–Trinajstić information content (AvgIpc) is 3.49. The summed E-state index contributed by atoms with van der Waals surface area (Å²) in [6, 6.07) is 21.2. The van der Waals surface area contributed by atoms with E-state index in [2.05, 4.69) is 11.1 Å². The van der Waals surface area contributed by atoms with Crippen molar-refractivity contribution in [1.29, 1.82) is 5.26 Å². The summed E-state index contributed by atoms with van der Waals surface area (Å²) in [5.41, 5.74) is 8.27. The molecule has 2 fully saturated rings. The molecule has 6 rings (SSSR count). The number of fused-ring (bicyclic) bond motifs is 1.